The molecule has 0 heterocycles. The monoisotopic (exact) mass is 276 g/mol. The van der Waals surface area contributed by atoms with E-state index in [2.05, 4.69) is 0 Å². The summed E-state index contributed by atoms with van der Waals surface area (Å²) < 4.78 is 0. The van der Waals surface area contributed by atoms with Gasteiger partial charge in [0.2, 0.25) is 0 Å². The molecule has 0 saturated carbocycles. The highest BCUT2D eigenvalue weighted by Gasteiger charge is 2.21. The lowest BCUT2D eigenvalue weighted by atomic mass is 9.88. The van der Waals surface area contributed by atoms with Gasteiger partial charge in [0, 0.05) is 16.5 Å². The number of phenols is 1. The number of rotatable bonds is 4. The summed E-state index contributed by atoms with van der Waals surface area (Å²) in [4.78, 5) is 11.0. The SMILES string of the molecule is O=C(O)CC(c1ccccc1)c1cc(Cl)ccc1O. The largest absolute Gasteiger partial charge is 0.508 e. The fourth-order valence-corrected chi connectivity index (χ4v) is 2.25. The molecule has 19 heavy (non-hydrogen) atoms. The Kier molecular flexibility index (Phi) is 4.07. The Bertz CT molecular complexity index is 581. The Balaban J connectivity index is 2.48. The summed E-state index contributed by atoms with van der Waals surface area (Å²) >= 11 is 5.93. The van der Waals surface area contributed by atoms with Crippen LogP contribution in [-0.2, 0) is 4.79 Å². The molecule has 98 valence electrons. The summed E-state index contributed by atoms with van der Waals surface area (Å²) in [5, 5.41) is 19.5. The second-order valence-electron chi connectivity index (χ2n) is 4.26. The van der Waals surface area contributed by atoms with Crippen LogP contribution >= 0.6 is 11.6 Å². The second kappa shape index (κ2) is 5.76. The van der Waals surface area contributed by atoms with Crippen molar-refractivity contribution in [1.29, 1.82) is 0 Å². The third kappa shape index (κ3) is 3.26. The minimum absolute atomic E-state index is 0.0551. The molecule has 2 aromatic rings. The van der Waals surface area contributed by atoms with E-state index >= 15 is 0 Å². The van der Waals surface area contributed by atoms with Gasteiger partial charge >= 0.3 is 5.97 Å². The minimum atomic E-state index is -0.923. The van der Waals surface area contributed by atoms with Crippen molar-refractivity contribution >= 4 is 17.6 Å². The first-order chi connectivity index (χ1) is 9.08. The Morgan fingerprint density at radius 1 is 1.16 bits per heavy atom. The highest BCUT2D eigenvalue weighted by Crippen LogP contribution is 2.35. The van der Waals surface area contributed by atoms with E-state index in [0.29, 0.717) is 10.6 Å². The number of hydrogen-bond acceptors (Lipinski definition) is 2. The van der Waals surface area contributed by atoms with Gasteiger partial charge in [-0.2, -0.15) is 0 Å². The summed E-state index contributed by atoms with van der Waals surface area (Å²) in [5.74, 6) is -1.29. The zero-order chi connectivity index (χ0) is 13.8. The third-order valence-electron chi connectivity index (χ3n) is 2.95. The van der Waals surface area contributed by atoms with Gasteiger partial charge in [-0.05, 0) is 23.8 Å². The molecule has 2 N–H and O–H groups in total. The van der Waals surface area contributed by atoms with Gasteiger partial charge in [0.1, 0.15) is 5.75 Å². The van der Waals surface area contributed by atoms with E-state index in [-0.39, 0.29) is 12.2 Å². The molecule has 1 atom stereocenters. The number of carboxylic acids is 1. The molecular formula is C15H13ClO3. The number of carboxylic acid groups (broad SMARTS) is 1. The Labute approximate surface area is 116 Å². The number of halogens is 1. The fourth-order valence-electron chi connectivity index (χ4n) is 2.07. The number of phenolic OH excluding ortho intramolecular Hbond substituents is 1. The average Bonchev–Trinajstić information content (AvgIpc) is 2.40. The van der Waals surface area contributed by atoms with Crippen LogP contribution in [0.2, 0.25) is 5.02 Å². The highest BCUT2D eigenvalue weighted by atomic mass is 35.5. The smallest absolute Gasteiger partial charge is 0.304 e. The van der Waals surface area contributed by atoms with Gasteiger partial charge in [-0.15, -0.1) is 0 Å². The van der Waals surface area contributed by atoms with Gasteiger partial charge in [0.15, 0.2) is 0 Å². The molecule has 0 amide bonds. The van der Waals surface area contributed by atoms with Crippen LogP contribution in [-0.4, -0.2) is 16.2 Å². The van der Waals surface area contributed by atoms with Crippen LogP contribution in [0.4, 0.5) is 0 Å². The lowest BCUT2D eigenvalue weighted by Crippen LogP contribution is -2.08. The van der Waals surface area contributed by atoms with E-state index in [4.69, 9.17) is 16.7 Å². The highest BCUT2D eigenvalue weighted by molar-refractivity contribution is 6.30. The maximum atomic E-state index is 11.0. The van der Waals surface area contributed by atoms with Gasteiger partial charge in [-0.25, -0.2) is 0 Å². The van der Waals surface area contributed by atoms with Crippen molar-refractivity contribution in [2.45, 2.75) is 12.3 Å². The van der Waals surface area contributed by atoms with Crippen molar-refractivity contribution < 1.29 is 15.0 Å². The molecule has 0 fully saturated rings. The van der Waals surface area contributed by atoms with Crippen molar-refractivity contribution in [3.05, 3.63) is 64.7 Å². The molecule has 0 saturated heterocycles. The Hall–Kier alpha value is -2.00. The van der Waals surface area contributed by atoms with Crippen LogP contribution in [0, 0.1) is 0 Å². The normalized spacial score (nSPS) is 12.1. The maximum absolute atomic E-state index is 11.0. The first kappa shape index (κ1) is 13.4. The molecule has 0 spiro atoms. The molecule has 1 unspecified atom stereocenters. The number of aliphatic carboxylic acids is 1. The average molecular weight is 277 g/mol. The van der Waals surface area contributed by atoms with Crippen LogP contribution in [0.25, 0.3) is 0 Å². The van der Waals surface area contributed by atoms with E-state index in [1.165, 1.54) is 6.07 Å². The third-order valence-corrected chi connectivity index (χ3v) is 3.18. The molecule has 0 aliphatic rings. The van der Waals surface area contributed by atoms with Crippen LogP contribution in [0.5, 0.6) is 5.75 Å². The van der Waals surface area contributed by atoms with Crippen LogP contribution in [0.15, 0.2) is 48.5 Å². The van der Waals surface area contributed by atoms with Gasteiger partial charge in [0.05, 0.1) is 6.42 Å². The van der Waals surface area contributed by atoms with E-state index < -0.39 is 11.9 Å². The van der Waals surface area contributed by atoms with Crippen molar-refractivity contribution in [1.82, 2.24) is 0 Å². The molecule has 0 aliphatic carbocycles. The van der Waals surface area contributed by atoms with Crippen molar-refractivity contribution in [2.75, 3.05) is 0 Å². The van der Waals surface area contributed by atoms with E-state index in [1.807, 2.05) is 30.3 Å². The quantitative estimate of drug-likeness (QED) is 0.896. The minimum Gasteiger partial charge on any atom is -0.508 e. The molecule has 0 bridgehead atoms. The Morgan fingerprint density at radius 2 is 1.84 bits per heavy atom. The topological polar surface area (TPSA) is 57.5 Å². The summed E-state index contributed by atoms with van der Waals surface area (Å²) in [6.45, 7) is 0. The first-order valence-corrected chi connectivity index (χ1v) is 6.21. The summed E-state index contributed by atoms with van der Waals surface area (Å²) in [5.41, 5.74) is 1.36. The van der Waals surface area contributed by atoms with Crippen LogP contribution in [0.3, 0.4) is 0 Å². The number of hydrogen-bond donors (Lipinski definition) is 2. The van der Waals surface area contributed by atoms with Crippen LogP contribution in [0.1, 0.15) is 23.5 Å². The lowest BCUT2D eigenvalue weighted by Gasteiger charge is -2.17. The van der Waals surface area contributed by atoms with Crippen molar-refractivity contribution in [3.8, 4) is 5.75 Å². The van der Waals surface area contributed by atoms with Gasteiger partial charge in [-0.3, -0.25) is 4.79 Å². The predicted octanol–water partition coefficient (Wildman–Crippen LogP) is 3.65. The van der Waals surface area contributed by atoms with Crippen molar-refractivity contribution in [3.63, 3.8) is 0 Å². The van der Waals surface area contributed by atoms with Gasteiger partial charge in [0.25, 0.3) is 0 Å². The number of benzene rings is 2. The molecule has 2 rings (SSSR count). The van der Waals surface area contributed by atoms with E-state index in [1.54, 1.807) is 12.1 Å². The van der Waals surface area contributed by atoms with Gasteiger partial charge in [-0.1, -0.05) is 41.9 Å². The zero-order valence-electron chi connectivity index (χ0n) is 10.1. The molecular weight excluding hydrogens is 264 g/mol. The van der Waals surface area contributed by atoms with Gasteiger partial charge < -0.3 is 10.2 Å². The fraction of sp³-hybridized carbons (Fsp3) is 0.133. The zero-order valence-corrected chi connectivity index (χ0v) is 10.8. The molecule has 0 aromatic heterocycles. The Morgan fingerprint density at radius 3 is 2.47 bits per heavy atom. The van der Waals surface area contributed by atoms with Crippen LogP contribution < -0.4 is 0 Å². The first-order valence-electron chi connectivity index (χ1n) is 5.83. The summed E-state index contributed by atoms with van der Waals surface area (Å²) in [6, 6.07) is 13.9. The van der Waals surface area contributed by atoms with E-state index in [9.17, 15) is 9.90 Å². The van der Waals surface area contributed by atoms with Crippen molar-refractivity contribution in [2.24, 2.45) is 0 Å². The maximum Gasteiger partial charge on any atom is 0.304 e. The van der Waals surface area contributed by atoms with E-state index in [0.717, 1.165) is 5.56 Å². The molecule has 0 aliphatic heterocycles. The number of carbonyl (C=O) groups is 1. The standard InChI is InChI=1S/C15H13ClO3/c16-11-6-7-14(17)13(8-11)12(9-15(18)19)10-4-2-1-3-5-10/h1-8,12,17H,9H2,(H,18,19). The number of aromatic hydroxyl groups is 1. The molecule has 3 nitrogen and oxygen atoms in total. The second-order valence-corrected chi connectivity index (χ2v) is 4.70. The lowest BCUT2D eigenvalue weighted by molar-refractivity contribution is -0.137. The summed E-state index contributed by atoms with van der Waals surface area (Å²) in [6.07, 6.45) is -0.0993. The molecule has 0 radical (unpaired) electrons. The predicted molar refractivity (Wildman–Crippen MR) is 73.7 cm³/mol. The molecule has 2 aromatic carbocycles. The summed E-state index contributed by atoms with van der Waals surface area (Å²) in [7, 11) is 0. The molecule has 4 heteroatoms.